The SMILES string of the molecule is COc1ccc(CCNC(=O)[C@@H](C)Sc2nnc(-c3ccc(F)cc3)n2C)cc1. The molecule has 0 radical (unpaired) electrons. The van der Waals surface area contributed by atoms with Crippen molar-refractivity contribution in [2.75, 3.05) is 13.7 Å². The molecule has 0 spiro atoms. The Balaban J connectivity index is 1.53. The van der Waals surface area contributed by atoms with Crippen LogP contribution in [-0.2, 0) is 18.3 Å². The smallest absolute Gasteiger partial charge is 0.233 e. The number of amides is 1. The monoisotopic (exact) mass is 414 g/mol. The average molecular weight is 415 g/mol. The second-order valence-corrected chi connectivity index (χ2v) is 7.83. The zero-order valence-electron chi connectivity index (χ0n) is 16.6. The zero-order chi connectivity index (χ0) is 20.8. The molecule has 1 amide bonds. The molecule has 0 unspecified atom stereocenters. The molecule has 1 aromatic heterocycles. The molecule has 2 aromatic carbocycles. The molecule has 1 atom stereocenters. The van der Waals surface area contributed by atoms with E-state index in [2.05, 4.69) is 15.5 Å². The van der Waals surface area contributed by atoms with E-state index >= 15 is 0 Å². The Labute approximate surface area is 173 Å². The van der Waals surface area contributed by atoms with Crippen LogP contribution in [0, 0.1) is 5.82 Å². The first-order valence-corrected chi connectivity index (χ1v) is 10.1. The summed E-state index contributed by atoms with van der Waals surface area (Å²) in [5, 5.41) is 11.6. The number of carbonyl (C=O) groups excluding carboxylic acids is 1. The summed E-state index contributed by atoms with van der Waals surface area (Å²) in [6, 6.07) is 13.9. The first kappa shape index (κ1) is 20.9. The molecule has 29 heavy (non-hydrogen) atoms. The number of aromatic nitrogens is 3. The molecule has 1 heterocycles. The molecular weight excluding hydrogens is 391 g/mol. The van der Waals surface area contributed by atoms with Gasteiger partial charge in [0, 0.05) is 19.2 Å². The van der Waals surface area contributed by atoms with Gasteiger partial charge >= 0.3 is 0 Å². The number of nitrogens with zero attached hydrogens (tertiary/aromatic N) is 3. The second kappa shape index (κ2) is 9.56. The Morgan fingerprint density at radius 1 is 1.17 bits per heavy atom. The largest absolute Gasteiger partial charge is 0.497 e. The van der Waals surface area contributed by atoms with E-state index in [1.54, 1.807) is 23.8 Å². The van der Waals surface area contributed by atoms with Gasteiger partial charge in [-0.15, -0.1) is 10.2 Å². The maximum Gasteiger partial charge on any atom is 0.233 e. The van der Waals surface area contributed by atoms with Crippen molar-refractivity contribution in [2.24, 2.45) is 7.05 Å². The molecule has 3 aromatic rings. The number of ether oxygens (including phenoxy) is 1. The van der Waals surface area contributed by atoms with Gasteiger partial charge in [-0.25, -0.2) is 4.39 Å². The zero-order valence-corrected chi connectivity index (χ0v) is 17.4. The highest BCUT2D eigenvalue weighted by Gasteiger charge is 2.19. The van der Waals surface area contributed by atoms with Crippen molar-refractivity contribution in [3.05, 3.63) is 59.9 Å². The molecule has 6 nitrogen and oxygen atoms in total. The normalized spacial score (nSPS) is 11.9. The van der Waals surface area contributed by atoms with Gasteiger partial charge in [0.05, 0.1) is 12.4 Å². The van der Waals surface area contributed by atoms with Crippen molar-refractivity contribution in [2.45, 2.75) is 23.8 Å². The van der Waals surface area contributed by atoms with Crippen LogP contribution in [-0.4, -0.2) is 39.6 Å². The van der Waals surface area contributed by atoms with E-state index < -0.39 is 0 Å². The van der Waals surface area contributed by atoms with Crippen LogP contribution in [0.15, 0.2) is 53.7 Å². The second-order valence-electron chi connectivity index (χ2n) is 6.52. The summed E-state index contributed by atoms with van der Waals surface area (Å²) in [5.74, 6) is 1.08. The van der Waals surface area contributed by atoms with Gasteiger partial charge in [0.1, 0.15) is 11.6 Å². The molecule has 3 rings (SSSR count). The van der Waals surface area contributed by atoms with Crippen LogP contribution in [0.3, 0.4) is 0 Å². The van der Waals surface area contributed by atoms with Gasteiger partial charge in [0.2, 0.25) is 5.91 Å². The summed E-state index contributed by atoms with van der Waals surface area (Å²) in [4.78, 5) is 12.4. The molecule has 0 saturated heterocycles. The van der Waals surface area contributed by atoms with Crippen LogP contribution in [0.5, 0.6) is 5.75 Å². The summed E-state index contributed by atoms with van der Waals surface area (Å²) in [7, 11) is 3.46. The summed E-state index contributed by atoms with van der Waals surface area (Å²) in [6.07, 6.45) is 0.742. The van der Waals surface area contributed by atoms with E-state index in [4.69, 9.17) is 4.74 Å². The Kier molecular flexibility index (Phi) is 6.87. The molecule has 8 heteroatoms. The Morgan fingerprint density at radius 3 is 2.52 bits per heavy atom. The van der Waals surface area contributed by atoms with Gasteiger partial charge in [-0.2, -0.15) is 0 Å². The maximum atomic E-state index is 13.1. The number of benzene rings is 2. The van der Waals surface area contributed by atoms with E-state index in [1.807, 2.05) is 38.2 Å². The highest BCUT2D eigenvalue weighted by molar-refractivity contribution is 8.00. The fourth-order valence-electron chi connectivity index (χ4n) is 2.75. The molecular formula is C21H23FN4O2S. The number of methoxy groups -OCH3 is 1. The molecule has 1 N–H and O–H groups in total. The van der Waals surface area contributed by atoms with Crippen molar-refractivity contribution in [3.63, 3.8) is 0 Å². The summed E-state index contributed by atoms with van der Waals surface area (Å²) >= 11 is 1.33. The number of halogens is 1. The lowest BCUT2D eigenvalue weighted by Gasteiger charge is -2.12. The molecule has 0 aliphatic heterocycles. The number of nitrogens with one attached hydrogen (secondary N) is 1. The van der Waals surface area contributed by atoms with Crippen molar-refractivity contribution in [1.82, 2.24) is 20.1 Å². The first-order chi connectivity index (χ1) is 14.0. The number of rotatable bonds is 8. The van der Waals surface area contributed by atoms with E-state index in [1.165, 1.54) is 23.9 Å². The molecule has 0 fully saturated rings. The minimum atomic E-state index is -0.324. The third-order valence-electron chi connectivity index (χ3n) is 4.46. The number of hydrogen-bond acceptors (Lipinski definition) is 5. The fraction of sp³-hybridized carbons (Fsp3) is 0.286. The number of carbonyl (C=O) groups is 1. The quantitative estimate of drug-likeness (QED) is 0.572. The van der Waals surface area contributed by atoms with Crippen LogP contribution in [0.2, 0.25) is 0 Å². The molecule has 0 aliphatic carbocycles. The molecule has 152 valence electrons. The highest BCUT2D eigenvalue weighted by Crippen LogP contribution is 2.25. The van der Waals surface area contributed by atoms with Gasteiger partial charge in [-0.1, -0.05) is 23.9 Å². The average Bonchev–Trinajstić information content (AvgIpc) is 3.09. The van der Waals surface area contributed by atoms with Crippen LogP contribution < -0.4 is 10.1 Å². The maximum absolute atomic E-state index is 13.1. The minimum Gasteiger partial charge on any atom is -0.497 e. The van der Waals surface area contributed by atoms with Crippen molar-refractivity contribution in [1.29, 1.82) is 0 Å². The van der Waals surface area contributed by atoms with Crippen LogP contribution in [0.25, 0.3) is 11.4 Å². The van der Waals surface area contributed by atoms with Crippen LogP contribution >= 0.6 is 11.8 Å². The molecule has 0 bridgehead atoms. The highest BCUT2D eigenvalue weighted by atomic mass is 32.2. The lowest BCUT2D eigenvalue weighted by molar-refractivity contribution is -0.120. The van der Waals surface area contributed by atoms with Gasteiger partial charge < -0.3 is 14.6 Å². The fourth-order valence-corrected chi connectivity index (χ4v) is 3.58. The number of hydrogen-bond donors (Lipinski definition) is 1. The van der Waals surface area contributed by atoms with E-state index in [-0.39, 0.29) is 17.0 Å². The van der Waals surface area contributed by atoms with Crippen molar-refractivity contribution in [3.8, 4) is 17.1 Å². The summed E-state index contributed by atoms with van der Waals surface area (Å²) in [6.45, 7) is 2.38. The van der Waals surface area contributed by atoms with E-state index in [0.717, 1.165) is 23.3 Å². The predicted molar refractivity (Wildman–Crippen MR) is 111 cm³/mol. The summed E-state index contributed by atoms with van der Waals surface area (Å²) < 4.78 is 20.1. The predicted octanol–water partition coefficient (Wildman–Crippen LogP) is 3.47. The van der Waals surface area contributed by atoms with Crippen LogP contribution in [0.1, 0.15) is 12.5 Å². The van der Waals surface area contributed by atoms with E-state index in [0.29, 0.717) is 17.5 Å². The molecule has 0 aliphatic rings. The topological polar surface area (TPSA) is 69.0 Å². The van der Waals surface area contributed by atoms with E-state index in [9.17, 15) is 9.18 Å². The number of thioether (sulfide) groups is 1. The van der Waals surface area contributed by atoms with Crippen molar-refractivity contribution >= 4 is 17.7 Å². The first-order valence-electron chi connectivity index (χ1n) is 9.20. The third-order valence-corrected chi connectivity index (χ3v) is 5.59. The summed E-state index contributed by atoms with van der Waals surface area (Å²) in [5.41, 5.74) is 1.90. The minimum absolute atomic E-state index is 0.0603. The Hall–Kier alpha value is -2.87. The van der Waals surface area contributed by atoms with Crippen molar-refractivity contribution < 1.29 is 13.9 Å². The lowest BCUT2D eigenvalue weighted by atomic mass is 10.1. The Bertz CT molecular complexity index is 958. The van der Waals surface area contributed by atoms with Gasteiger partial charge in [0.25, 0.3) is 0 Å². The molecule has 0 saturated carbocycles. The lowest BCUT2D eigenvalue weighted by Crippen LogP contribution is -2.32. The Morgan fingerprint density at radius 2 is 1.86 bits per heavy atom. The van der Waals surface area contributed by atoms with Gasteiger partial charge in [-0.05, 0) is 55.3 Å². The van der Waals surface area contributed by atoms with Crippen LogP contribution in [0.4, 0.5) is 4.39 Å². The van der Waals surface area contributed by atoms with Gasteiger partial charge in [-0.3, -0.25) is 4.79 Å². The van der Waals surface area contributed by atoms with Gasteiger partial charge in [0.15, 0.2) is 11.0 Å². The third kappa shape index (κ3) is 5.35. The standard InChI is InChI=1S/C21H23FN4O2S/c1-14(20(27)23-13-12-15-4-10-18(28-3)11-5-15)29-21-25-24-19(26(21)2)16-6-8-17(22)9-7-16/h4-11,14H,12-13H2,1-3H3,(H,23,27)/t14-/m1/s1.